The van der Waals surface area contributed by atoms with Crippen LogP contribution in [0.5, 0.6) is 6.01 Å². The Balaban J connectivity index is 1.05. The normalized spacial score (nSPS) is 33.1. The van der Waals surface area contributed by atoms with Crippen molar-refractivity contribution in [2.24, 2.45) is 10.8 Å². The number of rotatable bonds is 9. The van der Waals surface area contributed by atoms with Crippen molar-refractivity contribution in [1.29, 1.82) is 0 Å². The van der Waals surface area contributed by atoms with Crippen molar-refractivity contribution in [2.45, 2.75) is 81.4 Å². The molecule has 0 spiro atoms. The molecule has 7 aliphatic rings. The number of fused-ring (bicyclic) bond motifs is 3. The molecule has 1 aromatic carbocycles. The number of alkyl halides is 1. The highest BCUT2D eigenvalue weighted by molar-refractivity contribution is 5.94. The van der Waals surface area contributed by atoms with E-state index in [9.17, 15) is 9.18 Å². The zero-order valence-corrected chi connectivity index (χ0v) is 23.3. The molecule has 10 heteroatoms. The number of methoxy groups -OCH3 is 1. The zero-order valence-electron chi connectivity index (χ0n) is 23.3. The molecule has 4 bridgehead atoms. The average molecular weight is 560 g/mol. The van der Waals surface area contributed by atoms with Gasteiger partial charge in [0.1, 0.15) is 5.67 Å². The van der Waals surface area contributed by atoms with E-state index in [0.29, 0.717) is 56.7 Å². The molecule has 7 fully saturated rings. The van der Waals surface area contributed by atoms with Gasteiger partial charge in [-0.15, -0.1) is 0 Å². The van der Waals surface area contributed by atoms with Crippen molar-refractivity contribution >= 4 is 11.6 Å². The summed E-state index contributed by atoms with van der Waals surface area (Å²) in [6.45, 7) is 1.11. The van der Waals surface area contributed by atoms with Crippen LogP contribution in [0.25, 0.3) is 11.5 Å². The second-order valence-electron chi connectivity index (χ2n) is 13.4. The van der Waals surface area contributed by atoms with Crippen LogP contribution in [-0.4, -0.2) is 51.9 Å². The van der Waals surface area contributed by atoms with Crippen molar-refractivity contribution in [2.75, 3.05) is 25.2 Å². The summed E-state index contributed by atoms with van der Waals surface area (Å²) in [5.41, 5.74) is 0.807. The van der Waals surface area contributed by atoms with Crippen LogP contribution >= 0.6 is 0 Å². The summed E-state index contributed by atoms with van der Waals surface area (Å²) in [5, 5.41) is 4.17. The molecule has 214 valence electrons. The number of nitrogens with zero attached hydrogens (tertiary/aromatic N) is 5. The third-order valence-corrected chi connectivity index (χ3v) is 10.3. The lowest BCUT2D eigenvalue weighted by atomic mass is 9.41. The van der Waals surface area contributed by atoms with Gasteiger partial charge in [0.25, 0.3) is 5.89 Å². The first-order valence-electron chi connectivity index (χ1n) is 14.7. The number of aromatic nitrogens is 4. The number of carbonyl (C=O) groups excluding carboxylic acids is 1. The molecule has 4 heterocycles. The Hall–Kier alpha value is -3.40. The molecule has 2 aliphatic heterocycles. The molecule has 2 saturated heterocycles. The van der Waals surface area contributed by atoms with Gasteiger partial charge in [-0.25, -0.2) is 14.4 Å². The van der Waals surface area contributed by atoms with Gasteiger partial charge in [-0.05, 0) is 81.4 Å². The van der Waals surface area contributed by atoms with Crippen molar-refractivity contribution < 1.29 is 23.2 Å². The van der Waals surface area contributed by atoms with Gasteiger partial charge < -0.3 is 18.9 Å². The molecule has 2 aromatic heterocycles. The Bertz CT molecular complexity index is 1460. The van der Waals surface area contributed by atoms with Crippen molar-refractivity contribution in [3.8, 4) is 17.5 Å². The lowest BCUT2D eigenvalue weighted by molar-refractivity contribution is -0.215. The summed E-state index contributed by atoms with van der Waals surface area (Å²) in [7, 11) is 1.55. The Morgan fingerprint density at radius 1 is 1.10 bits per heavy atom. The first-order valence-corrected chi connectivity index (χ1v) is 14.7. The molecule has 5 saturated carbocycles. The monoisotopic (exact) mass is 559 g/mol. The van der Waals surface area contributed by atoms with Crippen LogP contribution in [0.4, 0.5) is 10.1 Å². The summed E-state index contributed by atoms with van der Waals surface area (Å²) >= 11 is 0. The lowest BCUT2D eigenvalue weighted by Gasteiger charge is -2.66. The van der Waals surface area contributed by atoms with Crippen LogP contribution in [0, 0.1) is 10.8 Å². The van der Waals surface area contributed by atoms with Crippen molar-refractivity contribution in [3.63, 3.8) is 0 Å². The number of anilines is 1. The minimum Gasteiger partial charge on any atom is -0.467 e. The predicted octanol–water partition coefficient (Wildman–Crippen LogP) is 5.51. The van der Waals surface area contributed by atoms with Gasteiger partial charge in [0.05, 0.1) is 19.3 Å². The summed E-state index contributed by atoms with van der Waals surface area (Å²) in [6, 6.07) is 8.17. The third-order valence-electron chi connectivity index (χ3n) is 10.3. The van der Waals surface area contributed by atoms with Crippen molar-refractivity contribution in [1.82, 2.24) is 20.1 Å². The Labute approximate surface area is 237 Å². The Morgan fingerprint density at radius 3 is 2.49 bits per heavy atom. The number of hydrogen-bond donors (Lipinski definition) is 0. The van der Waals surface area contributed by atoms with Crippen LogP contribution in [0.3, 0.4) is 0 Å². The predicted molar refractivity (Wildman–Crippen MR) is 146 cm³/mol. The van der Waals surface area contributed by atoms with E-state index in [0.717, 1.165) is 61.2 Å². The topological polar surface area (TPSA) is 103 Å². The van der Waals surface area contributed by atoms with E-state index in [2.05, 4.69) is 20.1 Å². The fraction of sp³-hybridized carbons (Fsp3) is 0.581. The molecule has 10 rings (SSSR count). The largest absolute Gasteiger partial charge is 0.467 e. The molecule has 41 heavy (non-hydrogen) atoms. The van der Waals surface area contributed by atoms with Crippen LogP contribution in [0.1, 0.15) is 81.5 Å². The Kier molecular flexibility index (Phi) is 5.44. The second-order valence-corrected chi connectivity index (χ2v) is 13.4. The molecular formula is C31H34FN5O4. The summed E-state index contributed by atoms with van der Waals surface area (Å²) < 4.78 is 31.6. The molecule has 9 nitrogen and oxygen atoms in total. The number of amides is 1. The maximum atomic E-state index is 14.3. The van der Waals surface area contributed by atoms with Crippen LogP contribution in [-0.2, 0) is 15.1 Å². The zero-order chi connectivity index (χ0) is 27.9. The Morgan fingerprint density at radius 2 is 1.85 bits per heavy atom. The number of halogens is 1. The van der Waals surface area contributed by atoms with E-state index in [-0.39, 0.29) is 16.7 Å². The quantitative estimate of drug-likeness (QED) is 0.338. The van der Waals surface area contributed by atoms with E-state index < -0.39 is 11.3 Å². The van der Waals surface area contributed by atoms with Crippen LogP contribution in [0.2, 0.25) is 0 Å². The molecular weight excluding hydrogens is 525 g/mol. The first-order chi connectivity index (χ1) is 19.8. The highest BCUT2D eigenvalue weighted by Gasteiger charge is 2.69. The average Bonchev–Trinajstić information content (AvgIpc) is 3.71. The van der Waals surface area contributed by atoms with Crippen molar-refractivity contribution in [3.05, 3.63) is 48.0 Å². The van der Waals surface area contributed by atoms with E-state index in [1.165, 1.54) is 0 Å². The number of ether oxygens (including phenoxy) is 2. The van der Waals surface area contributed by atoms with Gasteiger partial charge in [0.15, 0.2) is 5.82 Å². The van der Waals surface area contributed by atoms with Gasteiger partial charge in [0, 0.05) is 53.5 Å². The highest BCUT2D eigenvalue weighted by atomic mass is 19.1. The highest BCUT2D eigenvalue weighted by Crippen LogP contribution is 2.71. The minimum absolute atomic E-state index is 0.0495. The molecule has 0 radical (unpaired) electrons. The number of benzene rings is 1. The third kappa shape index (κ3) is 4.24. The van der Waals surface area contributed by atoms with E-state index in [4.69, 9.17) is 14.0 Å². The van der Waals surface area contributed by atoms with E-state index in [1.54, 1.807) is 19.5 Å². The standard InChI is InChI=1S/C31H34FN5O4/c1-39-27-33-13-22(14-34-27)31-9-7-28(8-10-31,19-40-31)18-37(24(38)12-29-15-30(32,16-29)17-29)23-4-2-3-21(11-23)26-35-25(36-41-26)20-5-6-20/h2-4,11,13-14,20H,5-10,12,15-19H2,1H3. The van der Waals surface area contributed by atoms with Crippen LogP contribution < -0.4 is 9.64 Å². The van der Waals surface area contributed by atoms with Gasteiger partial charge >= 0.3 is 6.01 Å². The molecule has 1 amide bonds. The van der Waals surface area contributed by atoms with E-state index >= 15 is 0 Å². The molecule has 3 aromatic rings. The van der Waals surface area contributed by atoms with Crippen LogP contribution in [0.15, 0.2) is 41.2 Å². The smallest absolute Gasteiger partial charge is 0.316 e. The first kappa shape index (κ1) is 25.3. The van der Waals surface area contributed by atoms with Gasteiger partial charge in [-0.3, -0.25) is 4.79 Å². The van der Waals surface area contributed by atoms with E-state index in [1.807, 2.05) is 29.2 Å². The lowest BCUT2D eigenvalue weighted by Crippen LogP contribution is -2.65. The van der Waals surface area contributed by atoms with Gasteiger partial charge in [-0.1, -0.05) is 11.2 Å². The second kappa shape index (κ2) is 8.80. The maximum absolute atomic E-state index is 14.3. The summed E-state index contributed by atoms with van der Waals surface area (Å²) in [4.78, 5) is 29.2. The number of hydrogen-bond acceptors (Lipinski definition) is 8. The minimum atomic E-state index is -1.03. The summed E-state index contributed by atoms with van der Waals surface area (Å²) in [6.07, 6.45) is 11.2. The molecule has 0 N–H and O–H groups in total. The van der Waals surface area contributed by atoms with Gasteiger partial charge in [-0.2, -0.15) is 4.98 Å². The molecule has 5 aliphatic carbocycles. The fourth-order valence-corrected chi connectivity index (χ4v) is 7.79. The maximum Gasteiger partial charge on any atom is 0.316 e. The number of carbonyl (C=O) groups is 1. The fourth-order valence-electron chi connectivity index (χ4n) is 7.79. The molecule has 0 atom stereocenters. The summed E-state index contributed by atoms with van der Waals surface area (Å²) in [5.74, 6) is 1.68. The SMILES string of the molecule is COc1ncc(C23CCC(CN(C(=O)CC45CC(F)(C4)C5)c4cccc(-c5nc(C6CC6)no5)c4)(CC2)CO3)cn1. The molecule has 0 unspecified atom stereocenters. The van der Waals surface area contributed by atoms with Gasteiger partial charge in [0.2, 0.25) is 5.91 Å².